The highest BCUT2D eigenvalue weighted by atomic mass is 32.2. The molecule has 0 fully saturated rings. The van der Waals surface area contributed by atoms with E-state index < -0.39 is 0 Å². The lowest BCUT2D eigenvalue weighted by atomic mass is 10.1. The molecule has 0 aliphatic heterocycles. The van der Waals surface area contributed by atoms with Crippen LogP contribution in [0.25, 0.3) is 16.7 Å². The van der Waals surface area contributed by atoms with Crippen LogP contribution in [-0.2, 0) is 16.0 Å². The van der Waals surface area contributed by atoms with Gasteiger partial charge >= 0.3 is 5.97 Å². The average Bonchev–Trinajstić information content (AvgIpc) is 3.55. The molecule has 2 aromatic carbocycles. The summed E-state index contributed by atoms with van der Waals surface area (Å²) >= 11 is 1.93. The fourth-order valence-electron chi connectivity index (χ4n) is 4.67. The van der Waals surface area contributed by atoms with E-state index in [9.17, 15) is 9.90 Å². The second-order valence-electron chi connectivity index (χ2n) is 10.0. The molecule has 4 aromatic rings. The predicted octanol–water partition coefficient (Wildman–Crippen LogP) is 7.80. The molecule has 0 saturated heterocycles. The summed E-state index contributed by atoms with van der Waals surface area (Å²) in [6, 6.07) is 12.1. The van der Waals surface area contributed by atoms with E-state index >= 15 is 0 Å². The Bertz CT molecular complexity index is 1300. The first-order chi connectivity index (χ1) is 18.0. The van der Waals surface area contributed by atoms with E-state index in [0.29, 0.717) is 12.0 Å². The molecule has 0 radical (unpaired) electrons. The lowest BCUT2D eigenvalue weighted by Crippen LogP contribution is -2.08. The van der Waals surface area contributed by atoms with Crippen LogP contribution in [0.5, 0.6) is 5.75 Å². The Labute approximate surface area is 224 Å². The highest BCUT2D eigenvalue weighted by Gasteiger charge is 2.26. The summed E-state index contributed by atoms with van der Waals surface area (Å²) in [7, 11) is 0. The van der Waals surface area contributed by atoms with E-state index in [2.05, 4.69) is 36.3 Å². The third-order valence-electron chi connectivity index (χ3n) is 6.88. The third-order valence-corrected chi connectivity index (χ3v) is 7.96. The van der Waals surface area contributed by atoms with Gasteiger partial charge in [-0.25, -0.2) is 4.79 Å². The van der Waals surface area contributed by atoms with Crippen molar-refractivity contribution in [1.29, 1.82) is 0 Å². The second kappa shape index (κ2) is 13.1. The van der Waals surface area contributed by atoms with E-state index in [0.717, 1.165) is 28.0 Å². The number of ether oxygens (including phenoxy) is 1. The number of thioether (sulfide) groups is 1. The van der Waals surface area contributed by atoms with Crippen LogP contribution in [0.3, 0.4) is 0 Å². The molecule has 0 aliphatic rings. The smallest absolute Gasteiger partial charge is 0.333 e. The quantitative estimate of drug-likeness (QED) is 0.0664. The van der Waals surface area contributed by atoms with Crippen molar-refractivity contribution < 1.29 is 14.6 Å². The van der Waals surface area contributed by atoms with Crippen molar-refractivity contribution in [3.05, 3.63) is 54.1 Å². The minimum absolute atomic E-state index is 0.221. The van der Waals surface area contributed by atoms with Gasteiger partial charge in [0.2, 0.25) is 0 Å². The number of aromatic nitrogens is 3. The van der Waals surface area contributed by atoms with Gasteiger partial charge in [-0.05, 0) is 55.0 Å². The highest BCUT2D eigenvalue weighted by molar-refractivity contribution is 7.99. The molecule has 2 aromatic heterocycles. The van der Waals surface area contributed by atoms with Crippen LogP contribution in [0, 0.1) is 0 Å². The molecular weight excluding hydrogens is 482 g/mol. The molecule has 6 nitrogen and oxygen atoms in total. The summed E-state index contributed by atoms with van der Waals surface area (Å²) in [4.78, 5) is 14.9. The Morgan fingerprint density at radius 3 is 2.30 bits per heavy atom. The van der Waals surface area contributed by atoms with Gasteiger partial charge in [0.1, 0.15) is 22.5 Å². The zero-order valence-corrected chi connectivity index (χ0v) is 23.2. The van der Waals surface area contributed by atoms with Gasteiger partial charge in [-0.3, -0.25) is 0 Å². The van der Waals surface area contributed by atoms with Crippen molar-refractivity contribution in [2.24, 2.45) is 0 Å². The Morgan fingerprint density at radius 1 is 0.919 bits per heavy atom. The molecule has 0 unspecified atom stereocenters. The summed E-state index contributed by atoms with van der Waals surface area (Å²) < 4.78 is 9.33. The van der Waals surface area contributed by atoms with Gasteiger partial charge in [-0.2, -0.15) is 0 Å². The molecule has 2 heterocycles. The fraction of sp³-hybridized carbons (Fsp3) is 0.500. The maximum Gasteiger partial charge on any atom is 0.333 e. The molecule has 200 valence electrons. The standard InChI is InChI=1S/C30H41N3O3S/c1-4-5-6-7-8-9-10-11-12-13-20-37-25-15-16-26-27(22-25)32-31(26)33(32)28-21-24(14-17-29(28)34)18-19-36-30(35)23(2)3/h14-17,21-22,34H,2,4-13,18-20H2,1,3H3. The van der Waals surface area contributed by atoms with Gasteiger partial charge in [0.05, 0.1) is 6.61 Å². The zero-order valence-electron chi connectivity index (χ0n) is 22.4. The monoisotopic (exact) mass is 523 g/mol. The Balaban J connectivity index is 1.25. The summed E-state index contributed by atoms with van der Waals surface area (Å²) in [6.45, 7) is 7.80. The number of phenolic OH excluding ortho intramolecular Hbond substituents is 1. The lowest BCUT2D eigenvalue weighted by molar-refractivity contribution is -0.138. The Kier molecular flexibility index (Phi) is 9.67. The number of esters is 1. The first kappa shape index (κ1) is 27.2. The van der Waals surface area contributed by atoms with Crippen LogP contribution in [-0.4, -0.2) is 37.5 Å². The van der Waals surface area contributed by atoms with E-state index in [1.165, 1.54) is 69.1 Å². The number of nitrogens with zero attached hydrogens (tertiary/aromatic N) is 3. The molecule has 0 spiro atoms. The van der Waals surface area contributed by atoms with E-state index in [1.54, 1.807) is 13.0 Å². The van der Waals surface area contributed by atoms with Crippen molar-refractivity contribution in [1.82, 2.24) is 14.1 Å². The number of rotatable bonds is 17. The van der Waals surface area contributed by atoms with Gasteiger partial charge < -0.3 is 9.84 Å². The third kappa shape index (κ3) is 6.95. The van der Waals surface area contributed by atoms with Crippen molar-refractivity contribution in [2.75, 3.05) is 12.4 Å². The number of carbonyl (C=O) groups excluding carboxylic acids is 1. The molecule has 0 saturated carbocycles. The minimum atomic E-state index is -0.377. The molecule has 0 aliphatic carbocycles. The maximum absolute atomic E-state index is 11.6. The average molecular weight is 524 g/mol. The van der Waals surface area contributed by atoms with Gasteiger partial charge in [-0.15, -0.1) is 25.8 Å². The van der Waals surface area contributed by atoms with E-state index in [-0.39, 0.29) is 18.3 Å². The molecule has 37 heavy (non-hydrogen) atoms. The Morgan fingerprint density at radius 2 is 1.59 bits per heavy atom. The minimum Gasteiger partial charge on any atom is -0.506 e. The van der Waals surface area contributed by atoms with Crippen molar-refractivity contribution >= 4 is 28.8 Å². The van der Waals surface area contributed by atoms with Gasteiger partial charge in [0, 0.05) is 16.9 Å². The van der Waals surface area contributed by atoms with Crippen LogP contribution in [0.1, 0.15) is 83.6 Å². The van der Waals surface area contributed by atoms with Crippen LogP contribution >= 0.6 is 11.8 Å². The van der Waals surface area contributed by atoms with Gasteiger partial charge in [0.25, 0.3) is 0 Å². The molecule has 0 atom stereocenters. The fourth-order valence-corrected chi connectivity index (χ4v) is 5.61. The van der Waals surface area contributed by atoms with Gasteiger partial charge in [0.15, 0.2) is 0 Å². The van der Waals surface area contributed by atoms with Crippen LogP contribution in [0.4, 0.5) is 0 Å². The van der Waals surface area contributed by atoms with Crippen LogP contribution in [0.15, 0.2) is 53.4 Å². The molecule has 0 amide bonds. The maximum atomic E-state index is 11.6. The summed E-state index contributed by atoms with van der Waals surface area (Å²) in [6.07, 6.45) is 14.2. The van der Waals surface area contributed by atoms with Crippen LogP contribution in [0.2, 0.25) is 0 Å². The summed E-state index contributed by atoms with van der Waals surface area (Å²) in [5.74, 6) is 0.998. The number of benzene rings is 2. The first-order valence-corrected chi connectivity index (χ1v) is 14.8. The van der Waals surface area contributed by atoms with Gasteiger partial charge in [-0.1, -0.05) is 77.4 Å². The predicted molar refractivity (Wildman–Crippen MR) is 153 cm³/mol. The number of hydrogen-bond donors (Lipinski definition) is 1. The zero-order chi connectivity index (χ0) is 26.2. The molecule has 1 N–H and O–H groups in total. The number of unbranched alkanes of at least 4 members (excludes halogenated alkanes) is 9. The normalized spacial score (nSPS) is 11.7. The largest absolute Gasteiger partial charge is 0.506 e. The summed E-state index contributed by atoms with van der Waals surface area (Å²) in [5, 5.41) is 10.5. The first-order valence-electron chi connectivity index (χ1n) is 13.8. The van der Waals surface area contributed by atoms with E-state index in [4.69, 9.17) is 4.74 Å². The number of phenols is 1. The second-order valence-corrected chi connectivity index (χ2v) is 11.2. The molecule has 0 bridgehead atoms. The number of aromatic hydroxyl groups is 1. The number of hydrogen-bond acceptors (Lipinski definition) is 4. The van der Waals surface area contributed by atoms with Crippen molar-refractivity contribution in [3.8, 4) is 11.4 Å². The van der Waals surface area contributed by atoms with Crippen molar-refractivity contribution in [3.63, 3.8) is 0 Å². The van der Waals surface area contributed by atoms with Crippen LogP contribution < -0.4 is 0 Å². The lowest BCUT2D eigenvalue weighted by Gasteiger charge is -2.06. The molecular formula is C30H41N3O3S. The van der Waals surface area contributed by atoms with Crippen molar-refractivity contribution in [2.45, 2.75) is 89.4 Å². The number of carbonyl (C=O) groups is 1. The molecule has 7 heteroatoms. The topological polar surface area (TPSA) is 60.3 Å². The molecule has 4 rings (SSSR count). The number of fused-ring (bicyclic) bond motifs is 4. The summed E-state index contributed by atoms with van der Waals surface area (Å²) in [5.41, 5.74) is 4.41. The Hall–Kier alpha value is -2.80. The van der Waals surface area contributed by atoms with E-state index in [1.807, 2.05) is 33.3 Å². The highest BCUT2D eigenvalue weighted by Crippen LogP contribution is 2.33. The SMILES string of the molecule is C=C(C)C(=O)OCCc1ccc(O)c(-n2n3c4ccc(SCCCCCCCCCCCC)cc4n23)c1.